The summed E-state index contributed by atoms with van der Waals surface area (Å²) in [6, 6.07) is 1.91. The minimum absolute atomic E-state index is 0.744. The molecule has 0 atom stereocenters. The second-order valence-corrected chi connectivity index (χ2v) is 4.95. The van der Waals surface area contributed by atoms with Gasteiger partial charge in [0.2, 0.25) is 5.95 Å². The number of rotatable bonds is 5. The van der Waals surface area contributed by atoms with Crippen LogP contribution < -0.4 is 5.32 Å². The molecule has 1 saturated heterocycles. The summed E-state index contributed by atoms with van der Waals surface area (Å²) < 4.78 is 0. The number of aryl methyl sites for hydroxylation is 1. The maximum absolute atomic E-state index is 4.32. The SMILES string of the molecule is Cc1ccnc(NCCCN2CCN(C)CC2)n1. The second-order valence-electron chi connectivity index (χ2n) is 4.95. The van der Waals surface area contributed by atoms with E-state index in [4.69, 9.17) is 0 Å². The van der Waals surface area contributed by atoms with Crippen LogP contribution in [0.3, 0.4) is 0 Å². The van der Waals surface area contributed by atoms with Crippen molar-refractivity contribution in [3.05, 3.63) is 18.0 Å². The summed E-state index contributed by atoms with van der Waals surface area (Å²) in [5, 5.41) is 3.27. The first-order valence-electron chi connectivity index (χ1n) is 6.68. The van der Waals surface area contributed by atoms with Gasteiger partial charge < -0.3 is 15.1 Å². The molecule has 0 saturated carbocycles. The van der Waals surface area contributed by atoms with Gasteiger partial charge >= 0.3 is 0 Å². The van der Waals surface area contributed by atoms with Crippen LogP contribution in [0.4, 0.5) is 5.95 Å². The summed E-state index contributed by atoms with van der Waals surface area (Å²) >= 11 is 0. The van der Waals surface area contributed by atoms with Crippen molar-refractivity contribution in [1.29, 1.82) is 0 Å². The Kier molecular flexibility index (Phi) is 4.90. The quantitative estimate of drug-likeness (QED) is 0.783. The van der Waals surface area contributed by atoms with Crippen LogP contribution in [0.2, 0.25) is 0 Å². The molecule has 1 fully saturated rings. The van der Waals surface area contributed by atoms with Crippen LogP contribution in [0.5, 0.6) is 0 Å². The first-order valence-corrected chi connectivity index (χ1v) is 6.68. The van der Waals surface area contributed by atoms with Crippen molar-refractivity contribution in [2.24, 2.45) is 0 Å². The molecule has 1 N–H and O–H groups in total. The highest BCUT2D eigenvalue weighted by Gasteiger charge is 2.12. The molecule has 1 aliphatic heterocycles. The molecule has 5 heteroatoms. The zero-order chi connectivity index (χ0) is 12.8. The van der Waals surface area contributed by atoms with Gasteiger partial charge in [-0.05, 0) is 33.0 Å². The van der Waals surface area contributed by atoms with Crippen molar-refractivity contribution >= 4 is 5.95 Å². The normalized spacial score (nSPS) is 17.9. The first kappa shape index (κ1) is 13.2. The molecule has 18 heavy (non-hydrogen) atoms. The number of hydrogen-bond acceptors (Lipinski definition) is 5. The smallest absolute Gasteiger partial charge is 0.222 e. The van der Waals surface area contributed by atoms with E-state index < -0.39 is 0 Å². The summed E-state index contributed by atoms with van der Waals surface area (Å²) in [5.74, 6) is 0.744. The van der Waals surface area contributed by atoms with Crippen molar-refractivity contribution < 1.29 is 0 Å². The highest BCUT2D eigenvalue weighted by Crippen LogP contribution is 2.02. The molecule has 0 spiro atoms. The maximum Gasteiger partial charge on any atom is 0.222 e. The van der Waals surface area contributed by atoms with E-state index in [9.17, 15) is 0 Å². The van der Waals surface area contributed by atoms with E-state index in [1.54, 1.807) is 6.20 Å². The number of anilines is 1. The third-order valence-electron chi connectivity index (χ3n) is 3.32. The molecule has 100 valence electrons. The predicted octanol–water partition coefficient (Wildman–Crippen LogP) is 0.834. The van der Waals surface area contributed by atoms with Gasteiger partial charge in [0.25, 0.3) is 0 Å². The summed E-state index contributed by atoms with van der Waals surface area (Å²) in [5.41, 5.74) is 1.01. The van der Waals surface area contributed by atoms with Gasteiger partial charge in [-0.2, -0.15) is 0 Å². The monoisotopic (exact) mass is 249 g/mol. The summed E-state index contributed by atoms with van der Waals surface area (Å²) in [7, 11) is 2.19. The van der Waals surface area contributed by atoms with E-state index in [2.05, 4.69) is 32.1 Å². The summed E-state index contributed by atoms with van der Waals surface area (Å²) in [6.07, 6.45) is 2.94. The van der Waals surface area contributed by atoms with Crippen molar-refractivity contribution in [2.75, 3.05) is 51.6 Å². The molecule has 2 rings (SSSR count). The number of nitrogens with one attached hydrogen (secondary N) is 1. The lowest BCUT2D eigenvalue weighted by atomic mass is 10.3. The predicted molar refractivity (Wildman–Crippen MR) is 73.8 cm³/mol. The Balaban J connectivity index is 1.61. The fourth-order valence-electron chi connectivity index (χ4n) is 2.11. The molecular formula is C13H23N5. The lowest BCUT2D eigenvalue weighted by molar-refractivity contribution is 0.154. The number of aromatic nitrogens is 2. The van der Waals surface area contributed by atoms with E-state index in [0.29, 0.717) is 0 Å². The third kappa shape index (κ3) is 4.23. The van der Waals surface area contributed by atoms with Crippen LogP contribution in [0.25, 0.3) is 0 Å². The minimum Gasteiger partial charge on any atom is -0.354 e. The molecule has 5 nitrogen and oxygen atoms in total. The second kappa shape index (κ2) is 6.66. The van der Waals surface area contributed by atoms with E-state index >= 15 is 0 Å². The van der Waals surface area contributed by atoms with Crippen molar-refractivity contribution in [3.8, 4) is 0 Å². The molecule has 1 aromatic rings. The van der Waals surface area contributed by atoms with Crippen LogP contribution in [0, 0.1) is 6.92 Å². The standard InChI is InChI=1S/C13H23N5/c1-12-4-6-15-13(16-12)14-5-3-7-18-10-8-17(2)9-11-18/h4,6H,3,5,7-11H2,1-2H3,(H,14,15,16). The van der Waals surface area contributed by atoms with Gasteiger partial charge in [0, 0.05) is 44.6 Å². The zero-order valence-electron chi connectivity index (χ0n) is 11.4. The van der Waals surface area contributed by atoms with Gasteiger partial charge in [0.1, 0.15) is 0 Å². The number of piperazine rings is 1. The topological polar surface area (TPSA) is 44.3 Å². The van der Waals surface area contributed by atoms with Gasteiger partial charge in [-0.3, -0.25) is 0 Å². The minimum atomic E-state index is 0.744. The average molecular weight is 249 g/mol. The Morgan fingerprint density at radius 3 is 2.78 bits per heavy atom. The summed E-state index contributed by atoms with van der Waals surface area (Å²) in [4.78, 5) is 13.4. The van der Waals surface area contributed by atoms with E-state index in [-0.39, 0.29) is 0 Å². The number of nitrogens with zero attached hydrogens (tertiary/aromatic N) is 4. The lowest BCUT2D eigenvalue weighted by Gasteiger charge is -2.32. The van der Waals surface area contributed by atoms with E-state index in [1.807, 2.05) is 13.0 Å². The highest BCUT2D eigenvalue weighted by atomic mass is 15.2. The number of likely N-dealkylation sites (N-methyl/N-ethyl adjacent to an activating group) is 1. The molecule has 1 aliphatic rings. The van der Waals surface area contributed by atoms with E-state index in [1.165, 1.54) is 26.2 Å². The Morgan fingerprint density at radius 1 is 1.28 bits per heavy atom. The Labute approximate surface area is 109 Å². The molecule has 0 unspecified atom stereocenters. The number of hydrogen-bond donors (Lipinski definition) is 1. The Morgan fingerprint density at radius 2 is 2.06 bits per heavy atom. The Bertz CT molecular complexity index is 360. The molecule has 1 aromatic heterocycles. The molecule has 0 aliphatic carbocycles. The molecule has 0 amide bonds. The van der Waals surface area contributed by atoms with Crippen LogP contribution in [0.1, 0.15) is 12.1 Å². The van der Waals surface area contributed by atoms with Gasteiger partial charge in [0.05, 0.1) is 0 Å². The van der Waals surface area contributed by atoms with Crippen molar-refractivity contribution in [3.63, 3.8) is 0 Å². The molecule has 0 aromatic carbocycles. The molecule has 0 bridgehead atoms. The van der Waals surface area contributed by atoms with Gasteiger partial charge in [0.15, 0.2) is 0 Å². The largest absolute Gasteiger partial charge is 0.354 e. The van der Waals surface area contributed by atoms with E-state index in [0.717, 1.165) is 31.2 Å². The first-order chi connectivity index (χ1) is 8.74. The third-order valence-corrected chi connectivity index (χ3v) is 3.32. The van der Waals surface area contributed by atoms with Gasteiger partial charge in [-0.1, -0.05) is 0 Å². The van der Waals surface area contributed by atoms with Crippen molar-refractivity contribution in [2.45, 2.75) is 13.3 Å². The molecule has 0 radical (unpaired) electrons. The fraction of sp³-hybridized carbons (Fsp3) is 0.692. The van der Waals surface area contributed by atoms with Gasteiger partial charge in [-0.15, -0.1) is 0 Å². The maximum atomic E-state index is 4.32. The Hall–Kier alpha value is -1.20. The lowest BCUT2D eigenvalue weighted by Crippen LogP contribution is -2.44. The average Bonchev–Trinajstić information content (AvgIpc) is 2.37. The molecular weight excluding hydrogens is 226 g/mol. The fourth-order valence-corrected chi connectivity index (χ4v) is 2.11. The zero-order valence-corrected chi connectivity index (χ0v) is 11.4. The van der Waals surface area contributed by atoms with Crippen LogP contribution >= 0.6 is 0 Å². The summed E-state index contributed by atoms with van der Waals surface area (Å²) in [6.45, 7) is 8.84. The van der Waals surface area contributed by atoms with Crippen LogP contribution in [0.15, 0.2) is 12.3 Å². The van der Waals surface area contributed by atoms with Crippen LogP contribution in [-0.2, 0) is 0 Å². The molecule has 2 heterocycles. The van der Waals surface area contributed by atoms with Crippen molar-refractivity contribution in [1.82, 2.24) is 19.8 Å². The highest BCUT2D eigenvalue weighted by molar-refractivity contribution is 5.24. The van der Waals surface area contributed by atoms with Gasteiger partial charge in [-0.25, -0.2) is 9.97 Å². The van der Waals surface area contributed by atoms with Crippen LogP contribution in [-0.4, -0.2) is 66.1 Å².